The Bertz CT molecular complexity index is 1500. The largest absolute Gasteiger partial charge is 0.452 e. The number of Topliss-reactive ketones (excluding diaryl/α,β-unsaturated/α-hetero) is 1. The Morgan fingerprint density at radius 1 is 0.970 bits per heavy atom. The van der Waals surface area contributed by atoms with Crippen molar-refractivity contribution in [2.24, 2.45) is 0 Å². The number of fused-ring (bicyclic) bond motifs is 2. The highest BCUT2D eigenvalue weighted by atomic mass is 35.5. The molecular formula is C25H13Cl3O5. The summed E-state index contributed by atoms with van der Waals surface area (Å²) >= 11 is 18.0. The minimum atomic E-state index is -0.679. The lowest BCUT2D eigenvalue weighted by Gasteiger charge is -2.09. The van der Waals surface area contributed by atoms with Gasteiger partial charge in [0.05, 0.1) is 15.6 Å². The smallest absolute Gasteiger partial charge is 0.379 e. The first kappa shape index (κ1) is 21.6. The van der Waals surface area contributed by atoms with Crippen LogP contribution in [0.1, 0.15) is 32.0 Å². The van der Waals surface area contributed by atoms with Gasteiger partial charge in [-0.15, -0.1) is 0 Å². The fourth-order valence-corrected chi connectivity index (χ4v) is 3.98. The van der Waals surface area contributed by atoms with Crippen molar-refractivity contribution in [3.63, 3.8) is 0 Å². The molecule has 0 N–H and O–H groups in total. The maximum absolute atomic E-state index is 12.8. The summed E-state index contributed by atoms with van der Waals surface area (Å²) in [4.78, 5) is 25.5. The number of furan rings is 1. The SMILES string of the molecule is Cc1c(OC(=O)c2cc3cc(Cl)ccc3o2)ccc2c1O/C(=C\c1ccc(Cl)c(Cl)c1)C2=O. The average Bonchev–Trinajstić information content (AvgIpc) is 3.34. The van der Waals surface area contributed by atoms with Crippen LogP contribution in [0.2, 0.25) is 15.1 Å². The van der Waals surface area contributed by atoms with Gasteiger partial charge in [0.2, 0.25) is 11.5 Å². The van der Waals surface area contributed by atoms with E-state index in [9.17, 15) is 9.59 Å². The Hall–Kier alpha value is -3.25. The van der Waals surface area contributed by atoms with E-state index >= 15 is 0 Å². The van der Waals surface area contributed by atoms with Crippen molar-refractivity contribution in [1.29, 1.82) is 0 Å². The second-order valence-corrected chi connectivity index (χ2v) is 8.61. The Balaban J connectivity index is 1.42. The fraction of sp³-hybridized carbons (Fsp3) is 0.0400. The molecule has 1 aliphatic rings. The van der Waals surface area contributed by atoms with Gasteiger partial charge in [-0.1, -0.05) is 40.9 Å². The number of halogens is 3. The Morgan fingerprint density at radius 3 is 2.58 bits per heavy atom. The number of ketones is 1. The first-order chi connectivity index (χ1) is 15.8. The molecule has 0 saturated carbocycles. The van der Waals surface area contributed by atoms with Crippen molar-refractivity contribution in [2.45, 2.75) is 6.92 Å². The zero-order valence-electron chi connectivity index (χ0n) is 16.9. The maximum Gasteiger partial charge on any atom is 0.379 e. The Labute approximate surface area is 203 Å². The summed E-state index contributed by atoms with van der Waals surface area (Å²) in [6.07, 6.45) is 1.58. The number of carbonyl (C=O) groups excluding carboxylic acids is 2. The number of rotatable bonds is 3. The van der Waals surface area contributed by atoms with Crippen LogP contribution >= 0.6 is 34.8 Å². The van der Waals surface area contributed by atoms with Crippen LogP contribution in [0.25, 0.3) is 17.0 Å². The fourth-order valence-electron chi connectivity index (χ4n) is 3.50. The lowest BCUT2D eigenvalue weighted by atomic mass is 10.1. The van der Waals surface area contributed by atoms with Crippen molar-refractivity contribution in [2.75, 3.05) is 0 Å². The molecule has 0 atom stereocenters. The molecule has 8 heteroatoms. The average molecular weight is 500 g/mol. The highest BCUT2D eigenvalue weighted by Crippen LogP contribution is 2.40. The van der Waals surface area contributed by atoms with Gasteiger partial charge in [-0.25, -0.2) is 4.79 Å². The first-order valence-corrected chi connectivity index (χ1v) is 10.9. The van der Waals surface area contributed by atoms with Crippen molar-refractivity contribution < 1.29 is 23.5 Å². The maximum atomic E-state index is 12.8. The van der Waals surface area contributed by atoms with E-state index in [1.54, 1.807) is 67.6 Å². The van der Waals surface area contributed by atoms with E-state index in [4.69, 9.17) is 48.7 Å². The monoisotopic (exact) mass is 498 g/mol. The van der Waals surface area contributed by atoms with Crippen LogP contribution in [0.3, 0.4) is 0 Å². The van der Waals surface area contributed by atoms with Crippen LogP contribution in [0.15, 0.2) is 64.8 Å². The third-order valence-corrected chi connectivity index (χ3v) is 6.13. The van der Waals surface area contributed by atoms with E-state index < -0.39 is 5.97 Å². The zero-order valence-corrected chi connectivity index (χ0v) is 19.2. The van der Waals surface area contributed by atoms with E-state index in [1.165, 1.54) is 0 Å². The standard InChI is InChI=1S/C25H13Cl3O5/c1-12-19(33-25(30)22-11-14-10-15(26)3-6-20(14)31-22)7-4-16-23(29)21(32-24(12)16)9-13-2-5-17(27)18(28)8-13/h2-11H,1H3/b21-9-. The molecule has 0 aliphatic carbocycles. The van der Waals surface area contributed by atoms with E-state index in [-0.39, 0.29) is 23.1 Å². The van der Waals surface area contributed by atoms with Gasteiger partial charge in [-0.05, 0) is 67.1 Å². The molecule has 0 unspecified atom stereocenters. The zero-order chi connectivity index (χ0) is 23.3. The third-order valence-electron chi connectivity index (χ3n) is 5.16. The van der Waals surface area contributed by atoms with Crippen LogP contribution in [0, 0.1) is 6.92 Å². The summed E-state index contributed by atoms with van der Waals surface area (Å²) < 4.78 is 16.9. The van der Waals surface area contributed by atoms with E-state index in [0.717, 1.165) is 0 Å². The van der Waals surface area contributed by atoms with Gasteiger partial charge in [0.25, 0.3) is 0 Å². The molecule has 33 heavy (non-hydrogen) atoms. The summed E-state index contributed by atoms with van der Waals surface area (Å²) in [6, 6.07) is 14.7. The molecule has 1 aliphatic heterocycles. The number of carbonyl (C=O) groups is 2. The quantitative estimate of drug-likeness (QED) is 0.165. The van der Waals surface area contributed by atoms with Gasteiger partial charge < -0.3 is 13.9 Å². The van der Waals surface area contributed by atoms with Gasteiger partial charge in [0, 0.05) is 16.0 Å². The lowest BCUT2D eigenvalue weighted by Crippen LogP contribution is -2.08. The molecule has 0 bridgehead atoms. The van der Waals surface area contributed by atoms with E-state index in [2.05, 4.69) is 0 Å². The summed E-state index contributed by atoms with van der Waals surface area (Å²) in [6.45, 7) is 1.70. The Kier molecular flexibility index (Phi) is 5.41. The molecule has 3 aromatic carbocycles. The molecular weight excluding hydrogens is 487 g/mol. The number of hydrogen-bond acceptors (Lipinski definition) is 5. The van der Waals surface area contributed by atoms with Crippen molar-refractivity contribution in [3.8, 4) is 11.5 Å². The normalized spacial score (nSPS) is 13.9. The van der Waals surface area contributed by atoms with Gasteiger partial charge in [-0.3, -0.25) is 4.79 Å². The topological polar surface area (TPSA) is 65.7 Å². The molecule has 5 nitrogen and oxygen atoms in total. The predicted molar refractivity (Wildman–Crippen MR) is 127 cm³/mol. The van der Waals surface area contributed by atoms with Crippen LogP contribution in [0.4, 0.5) is 0 Å². The first-order valence-electron chi connectivity index (χ1n) is 9.74. The number of hydrogen-bond donors (Lipinski definition) is 0. The molecule has 0 fully saturated rings. The highest BCUT2D eigenvalue weighted by molar-refractivity contribution is 6.42. The van der Waals surface area contributed by atoms with Crippen LogP contribution < -0.4 is 9.47 Å². The van der Waals surface area contributed by atoms with Gasteiger partial charge in [0.15, 0.2) is 5.76 Å². The Morgan fingerprint density at radius 2 is 1.79 bits per heavy atom. The molecule has 4 aromatic rings. The highest BCUT2D eigenvalue weighted by Gasteiger charge is 2.31. The number of ether oxygens (including phenoxy) is 2. The van der Waals surface area contributed by atoms with Crippen LogP contribution in [-0.2, 0) is 0 Å². The predicted octanol–water partition coefficient (Wildman–Crippen LogP) is 7.54. The van der Waals surface area contributed by atoms with Crippen molar-refractivity contribution >= 4 is 63.6 Å². The van der Waals surface area contributed by atoms with E-state index in [1.807, 2.05) is 0 Å². The number of esters is 1. The second-order valence-electron chi connectivity index (χ2n) is 7.36. The van der Waals surface area contributed by atoms with Gasteiger partial charge in [-0.2, -0.15) is 0 Å². The summed E-state index contributed by atoms with van der Waals surface area (Å²) in [5, 5.41) is 2.00. The molecule has 0 spiro atoms. The molecule has 0 amide bonds. The molecule has 5 rings (SSSR count). The summed E-state index contributed by atoms with van der Waals surface area (Å²) in [7, 11) is 0. The second kappa shape index (κ2) is 8.27. The molecule has 0 saturated heterocycles. The minimum absolute atomic E-state index is 0.0318. The summed E-state index contributed by atoms with van der Waals surface area (Å²) in [5.74, 6) is -0.227. The number of allylic oxidation sites excluding steroid dienone is 1. The van der Waals surface area contributed by atoms with Crippen LogP contribution in [-0.4, -0.2) is 11.8 Å². The third kappa shape index (κ3) is 4.00. The number of benzene rings is 3. The minimum Gasteiger partial charge on any atom is -0.452 e. The molecule has 0 radical (unpaired) electrons. The molecule has 1 aromatic heterocycles. The van der Waals surface area contributed by atoms with Gasteiger partial charge >= 0.3 is 5.97 Å². The van der Waals surface area contributed by atoms with Crippen molar-refractivity contribution in [1.82, 2.24) is 0 Å². The van der Waals surface area contributed by atoms with Crippen molar-refractivity contribution in [3.05, 3.63) is 97.9 Å². The van der Waals surface area contributed by atoms with Gasteiger partial charge in [0.1, 0.15) is 17.1 Å². The van der Waals surface area contributed by atoms with E-state index in [0.29, 0.717) is 48.5 Å². The van der Waals surface area contributed by atoms with Crippen LogP contribution in [0.5, 0.6) is 11.5 Å². The molecule has 164 valence electrons. The molecule has 2 heterocycles. The summed E-state index contributed by atoms with van der Waals surface area (Å²) in [5.41, 5.74) is 2.06. The lowest BCUT2D eigenvalue weighted by molar-refractivity contribution is 0.0702.